The van der Waals surface area contributed by atoms with Gasteiger partial charge in [0.1, 0.15) is 11.3 Å². The van der Waals surface area contributed by atoms with E-state index >= 15 is 0 Å². The Morgan fingerprint density at radius 3 is 2.56 bits per heavy atom. The van der Waals surface area contributed by atoms with E-state index in [-0.39, 0.29) is 24.7 Å². The van der Waals surface area contributed by atoms with Crippen LogP contribution in [0.25, 0.3) is 28.3 Å². The summed E-state index contributed by atoms with van der Waals surface area (Å²) in [7, 11) is 1.60. The molecule has 1 aliphatic rings. The van der Waals surface area contributed by atoms with Crippen molar-refractivity contribution in [1.29, 1.82) is 0 Å². The first-order chi connectivity index (χ1) is 17.3. The molecule has 0 spiro atoms. The number of nitrogens with zero attached hydrogens (tertiary/aromatic N) is 5. The van der Waals surface area contributed by atoms with Crippen molar-refractivity contribution in [1.82, 2.24) is 29.8 Å². The summed E-state index contributed by atoms with van der Waals surface area (Å²) in [5.74, 6) is -2.25. The van der Waals surface area contributed by atoms with E-state index in [0.717, 1.165) is 28.0 Å². The Labute approximate surface area is 209 Å². The molecule has 1 fully saturated rings. The molecule has 11 heteroatoms. The van der Waals surface area contributed by atoms with Gasteiger partial charge in [0.15, 0.2) is 0 Å². The van der Waals surface area contributed by atoms with Gasteiger partial charge in [-0.15, -0.1) is 11.3 Å². The first-order valence-electron chi connectivity index (χ1n) is 11.2. The first kappa shape index (κ1) is 23.7. The highest BCUT2D eigenvalue weighted by atomic mass is 32.1. The number of benzene rings is 1. The minimum Gasteiger partial charge on any atom is -0.354 e. The Balaban J connectivity index is 0.000000148. The van der Waals surface area contributed by atoms with Gasteiger partial charge >= 0.3 is 0 Å². The fraction of sp³-hybridized carbons (Fsp3) is 0.240. The van der Waals surface area contributed by atoms with Crippen LogP contribution in [0.2, 0.25) is 0 Å². The number of rotatable bonds is 4. The number of pyridine rings is 1. The summed E-state index contributed by atoms with van der Waals surface area (Å²) in [5.41, 5.74) is 6.89. The normalized spacial score (nSPS) is 14.7. The molecule has 1 amide bonds. The monoisotopic (exact) mass is 508 g/mol. The highest BCUT2D eigenvalue weighted by Crippen LogP contribution is 2.47. The molecule has 36 heavy (non-hydrogen) atoms. The number of aromatic nitrogens is 5. The van der Waals surface area contributed by atoms with Gasteiger partial charge in [0.2, 0.25) is 17.6 Å². The van der Waals surface area contributed by atoms with Gasteiger partial charge in [0.05, 0.1) is 17.4 Å². The van der Waals surface area contributed by atoms with E-state index in [2.05, 4.69) is 25.4 Å². The number of hydrogen-bond donors (Lipinski definition) is 1. The van der Waals surface area contributed by atoms with Crippen LogP contribution in [0.1, 0.15) is 40.7 Å². The van der Waals surface area contributed by atoms with E-state index < -0.39 is 5.92 Å². The SMILES string of the molecule is CNC(=O)c1cnc2ccc(-c3cscn3)cn12.Cc1ccc(-c2noc(C3CC(F)(F)C3)n2)cc1. The molecule has 0 atom stereocenters. The molecule has 6 rings (SSSR count). The quantitative estimate of drug-likeness (QED) is 0.350. The van der Waals surface area contributed by atoms with Crippen molar-refractivity contribution in [3.8, 4) is 22.6 Å². The summed E-state index contributed by atoms with van der Waals surface area (Å²) >= 11 is 1.54. The number of fused-ring (bicyclic) bond motifs is 1. The van der Waals surface area contributed by atoms with Crippen molar-refractivity contribution in [3.63, 3.8) is 0 Å². The largest absolute Gasteiger partial charge is 0.354 e. The van der Waals surface area contributed by atoms with Crippen LogP contribution in [0, 0.1) is 6.92 Å². The van der Waals surface area contributed by atoms with E-state index in [9.17, 15) is 13.6 Å². The third kappa shape index (κ3) is 4.87. The van der Waals surface area contributed by atoms with Crippen molar-refractivity contribution in [2.75, 3.05) is 7.05 Å². The summed E-state index contributed by atoms with van der Waals surface area (Å²) in [6.07, 6.45) is 3.06. The highest BCUT2D eigenvalue weighted by Gasteiger charge is 2.48. The lowest BCUT2D eigenvalue weighted by molar-refractivity contribution is -0.0925. The maximum absolute atomic E-state index is 12.8. The standard InChI is InChI=1S/C13H12F2N2O.C12H10N4OS/c1-8-2-4-9(5-3-8)11-16-12(18-17-11)10-6-13(14,15)7-10;1-13-12(17)10-4-14-11-3-2-8(5-16(10)11)9-6-18-7-15-9/h2-5,10H,6-7H2,1H3;2-7H,1H3,(H,13,17). The molecule has 1 aromatic carbocycles. The lowest BCUT2D eigenvalue weighted by Gasteiger charge is -2.31. The number of carbonyl (C=O) groups is 1. The van der Waals surface area contributed by atoms with E-state index in [1.165, 1.54) is 0 Å². The molecule has 1 N–H and O–H groups in total. The van der Waals surface area contributed by atoms with Crippen molar-refractivity contribution in [3.05, 3.63) is 76.8 Å². The predicted octanol–water partition coefficient (Wildman–Crippen LogP) is 5.38. The molecule has 184 valence electrons. The summed E-state index contributed by atoms with van der Waals surface area (Å²) in [6, 6.07) is 11.5. The summed E-state index contributed by atoms with van der Waals surface area (Å²) in [6.45, 7) is 1.99. The van der Waals surface area contributed by atoms with Crippen molar-refractivity contribution in [2.24, 2.45) is 0 Å². The van der Waals surface area contributed by atoms with Gasteiger partial charge in [0.25, 0.3) is 5.91 Å². The van der Waals surface area contributed by atoms with Gasteiger partial charge in [-0.1, -0.05) is 35.0 Å². The summed E-state index contributed by atoms with van der Waals surface area (Å²) < 4.78 is 32.3. The second kappa shape index (κ2) is 9.57. The van der Waals surface area contributed by atoms with Gasteiger partial charge in [-0.05, 0) is 19.1 Å². The zero-order valence-corrected chi connectivity index (χ0v) is 20.3. The maximum atomic E-state index is 12.8. The molecule has 1 saturated carbocycles. The lowest BCUT2D eigenvalue weighted by Crippen LogP contribution is -2.33. The number of thiazole rings is 1. The van der Waals surface area contributed by atoms with Crippen LogP contribution in [0.4, 0.5) is 8.78 Å². The van der Waals surface area contributed by atoms with Crippen LogP contribution in [-0.4, -0.2) is 43.4 Å². The molecule has 0 aliphatic heterocycles. The fourth-order valence-corrected chi connectivity index (χ4v) is 4.40. The fourth-order valence-electron chi connectivity index (χ4n) is 3.84. The van der Waals surface area contributed by atoms with Crippen LogP contribution in [0.3, 0.4) is 0 Å². The molecule has 5 aromatic rings. The third-order valence-corrected chi connectivity index (χ3v) is 6.47. The number of aryl methyl sites for hydroxylation is 1. The molecular formula is C25H22F2N6O2S. The van der Waals surface area contributed by atoms with Crippen LogP contribution in [-0.2, 0) is 0 Å². The van der Waals surface area contributed by atoms with E-state index in [1.807, 2.05) is 54.9 Å². The Kier molecular flexibility index (Phi) is 6.31. The number of halogens is 2. The van der Waals surface area contributed by atoms with E-state index in [0.29, 0.717) is 17.4 Å². The first-order valence-corrected chi connectivity index (χ1v) is 12.1. The van der Waals surface area contributed by atoms with Crippen molar-refractivity contribution in [2.45, 2.75) is 31.6 Å². The minimum atomic E-state index is -2.57. The Morgan fingerprint density at radius 2 is 1.89 bits per heavy atom. The number of alkyl halides is 2. The van der Waals surface area contributed by atoms with Crippen molar-refractivity contribution >= 4 is 22.9 Å². The molecule has 0 unspecified atom stereocenters. The average Bonchev–Trinajstić information content (AvgIpc) is 3.63. The second-order valence-corrected chi connectivity index (χ2v) is 9.24. The topological polar surface area (TPSA) is 98.2 Å². The molecule has 1 aliphatic carbocycles. The van der Waals surface area contributed by atoms with Crippen molar-refractivity contribution < 1.29 is 18.1 Å². The van der Waals surface area contributed by atoms with Crippen LogP contribution in [0.5, 0.6) is 0 Å². The van der Waals surface area contributed by atoms with E-state index in [1.54, 1.807) is 34.5 Å². The zero-order valence-electron chi connectivity index (χ0n) is 19.5. The Morgan fingerprint density at radius 1 is 1.14 bits per heavy atom. The number of imidazole rings is 1. The number of amides is 1. The molecule has 0 bridgehead atoms. The van der Waals surface area contributed by atoms with Crippen LogP contribution >= 0.6 is 11.3 Å². The number of nitrogens with one attached hydrogen (secondary N) is 1. The zero-order chi connectivity index (χ0) is 25.3. The third-order valence-electron chi connectivity index (χ3n) is 5.88. The summed E-state index contributed by atoms with van der Waals surface area (Å²) in [5, 5.41) is 8.41. The van der Waals surface area contributed by atoms with Gasteiger partial charge in [0, 0.05) is 48.5 Å². The number of hydrogen-bond acceptors (Lipinski definition) is 7. The molecule has 8 nitrogen and oxygen atoms in total. The summed E-state index contributed by atoms with van der Waals surface area (Å²) in [4.78, 5) is 24.3. The molecule has 4 heterocycles. The van der Waals surface area contributed by atoms with Gasteiger partial charge in [-0.25, -0.2) is 18.7 Å². The molecular weight excluding hydrogens is 486 g/mol. The van der Waals surface area contributed by atoms with Gasteiger partial charge in [-0.3, -0.25) is 9.20 Å². The lowest BCUT2D eigenvalue weighted by atomic mass is 9.81. The predicted molar refractivity (Wildman–Crippen MR) is 131 cm³/mol. The minimum absolute atomic E-state index is 0.155. The van der Waals surface area contributed by atoms with Gasteiger partial charge < -0.3 is 9.84 Å². The highest BCUT2D eigenvalue weighted by molar-refractivity contribution is 7.07. The molecule has 0 saturated heterocycles. The Bertz CT molecular complexity index is 1490. The molecule has 0 radical (unpaired) electrons. The average molecular weight is 509 g/mol. The van der Waals surface area contributed by atoms with Crippen LogP contribution in [0.15, 0.2) is 64.2 Å². The van der Waals surface area contributed by atoms with Crippen LogP contribution < -0.4 is 5.32 Å². The molecule has 4 aromatic heterocycles. The number of carbonyl (C=O) groups excluding carboxylic acids is 1. The Hall–Kier alpha value is -3.99. The maximum Gasteiger partial charge on any atom is 0.269 e. The van der Waals surface area contributed by atoms with Gasteiger partial charge in [-0.2, -0.15) is 4.98 Å². The second-order valence-electron chi connectivity index (χ2n) is 8.53. The van der Waals surface area contributed by atoms with E-state index in [4.69, 9.17) is 4.52 Å². The smallest absolute Gasteiger partial charge is 0.269 e.